The van der Waals surface area contributed by atoms with Crippen molar-refractivity contribution in [3.05, 3.63) is 70.8 Å². The van der Waals surface area contributed by atoms with E-state index in [1.807, 2.05) is 49.4 Å². The first-order chi connectivity index (χ1) is 8.75. The first-order valence-corrected chi connectivity index (χ1v) is 5.79. The van der Waals surface area contributed by atoms with E-state index in [0.717, 1.165) is 10.9 Å². The molecule has 3 aromatic rings. The van der Waals surface area contributed by atoms with Gasteiger partial charge in [0.1, 0.15) is 5.82 Å². The summed E-state index contributed by atoms with van der Waals surface area (Å²) < 4.78 is 1.57. The van der Waals surface area contributed by atoms with Gasteiger partial charge in [0.25, 0.3) is 5.56 Å². The van der Waals surface area contributed by atoms with E-state index < -0.39 is 0 Å². The molecule has 0 aliphatic heterocycles. The Morgan fingerprint density at radius 1 is 1.06 bits per heavy atom. The molecule has 0 atom stereocenters. The van der Waals surface area contributed by atoms with Crippen molar-refractivity contribution >= 4 is 10.8 Å². The summed E-state index contributed by atoms with van der Waals surface area (Å²) in [4.78, 5) is 16.6. The van der Waals surface area contributed by atoms with Gasteiger partial charge in [0.05, 0.1) is 0 Å². The van der Waals surface area contributed by atoms with Gasteiger partial charge in [-0.3, -0.25) is 9.36 Å². The molecule has 0 unspecified atom stereocenters. The normalized spacial score (nSPS) is 10.7. The molecule has 0 spiro atoms. The number of hydrogen-bond donors (Lipinski definition) is 0. The number of rotatable bonds is 1. The van der Waals surface area contributed by atoms with Crippen LogP contribution in [0, 0.1) is 6.92 Å². The van der Waals surface area contributed by atoms with Gasteiger partial charge in [-0.2, -0.15) is 0 Å². The second-order valence-electron chi connectivity index (χ2n) is 4.27. The molecular formula is C15H12N2O. The summed E-state index contributed by atoms with van der Waals surface area (Å²) in [6.45, 7) is 1.97. The maximum atomic E-state index is 12.3. The molecule has 3 nitrogen and oxygen atoms in total. The van der Waals surface area contributed by atoms with E-state index in [4.69, 9.17) is 0 Å². The molecule has 0 aliphatic rings. The van der Waals surface area contributed by atoms with Crippen LogP contribution in [-0.2, 0) is 0 Å². The summed E-state index contributed by atoms with van der Waals surface area (Å²) in [6, 6.07) is 13.3. The molecule has 0 fully saturated rings. The highest BCUT2D eigenvalue weighted by molar-refractivity contribution is 5.81. The molecule has 0 bridgehead atoms. The zero-order chi connectivity index (χ0) is 12.5. The summed E-state index contributed by atoms with van der Waals surface area (Å²) in [5.74, 6) is 0.649. The standard InChI is InChI=1S/C15H12N2O/c1-11-6-7-14(16-10-11)17-9-8-12-4-2-3-5-13(12)15(17)18/h2-10H,1H3. The third-order valence-corrected chi connectivity index (χ3v) is 2.96. The number of hydrogen-bond acceptors (Lipinski definition) is 2. The van der Waals surface area contributed by atoms with Crippen LogP contribution in [0.4, 0.5) is 0 Å². The van der Waals surface area contributed by atoms with Gasteiger partial charge < -0.3 is 0 Å². The second kappa shape index (κ2) is 4.11. The predicted molar refractivity (Wildman–Crippen MR) is 72.1 cm³/mol. The monoisotopic (exact) mass is 236 g/mol. The van der Waals surface area contributed by atoms with Crippen LogP contribution in [-0.4, -0.2) is 9.55 Å². The van der Waals surface area contributed by atoms with Gasteiger partial charge in [0.15, 0.2) is 0 Å². The fraction of sp³-hybridized carbons (Fsp3) is 0.0667. The molecule has 3 heteroatoms. The Balaban J connectivity index is 2.27. The summed E-state index contributed by atoms with van der Waals surface area (Å²) in [7, 11) is 0. The second-order valence-corrected chi connectivity index (χ2v) is 4.27. The van der Waals surface area contributed by atoms with Gasteiger partial charge in [-0.1, -0.05) is 24.3 Å². The lowest BCUT2D eigenvalue weighted by Gasteiger charge is -2.06. The van der Waals surface area contributed by atoms with E-state index in [-0.39, 0.29) is 5.56 Å². The summed E-state index contributed by atoms with van der Waals surface area (Å²) in [5, 5.41) is 1.66. The van der Waals surface area contributed by atoms with E-state index in [2.05, 4.69) is 4.98 Å². The topological polar surface area (TPSA) is 34.9 Å². The van der Waals surface area contributed by atoms with E-state index >= 15 is 0 Å². The Bertz CT molecular complexity index is 757. The first kappa shape index (κ1) is 10.7. The minimum Gasteiger partial charge on any atom is -0.268 e. The Labute approximate surface area is 104 Å². The summed E-state index contributed by atoms with van der Waals surface area (Å²) in [6.07, 6.45) is 3.53. The van der Waals surface area contributed by atoms with Gasteiger partial charge in [-0.05, 0) is 36.1 Å². The Hall–Kier alpha value is -2.42. The molecule has 1 aromatic carbocycles. The van der Waals surface area contributed by atoms with Gasteiger partial charge in [-0.25, -0.2) is 4.98 Å². The molecule has 3 rings (SSSR count). The smallest absolute Gasteiger partial charge is 0.264 e. The zero-order valence-corrected chi connectivity index (χ0v) is 10.00. The highest BCUT2D eigenvalue weighted by Crippen LogP contribution is 2.10. The van der Waals surface area contributed by atoms with Crippen LogP contribution in [0.5, 0.6) is 0 Å². The average molecular weight is 236 g/mol. The van der Waals surface area contributed by atoms with Crippen molar-refractivity contribution in [3.8, 4) is 5.82 Å². The molecule has 88 valence electrons. The molecule has 0 radical (unpaired) electrons. The van der Waals surface area contributed by atoms with Gasteiger partial charge >= 0.3 is 0 Å². The lowest BCUT2D eigenvalue weighted by atomic mass is 10.2. The largest absolute Gasteiger partial charge is 0.268 e. The van der Waals surface area contributed by atoms with E-state index in [1.54, 1.807) is 17.0 Å². The zero-order valence-electron chi connectivity index (χ0n) is 10.00. The summed E-state index contributed by atoms with van der Waals surface area (Å²) >= 11 is 0. The van der Waals surface area contributed by atoms with Crippen molar-refractivity contribution < 1.29 is 0 Å². The molecule has 2 aromatic heterocycles. The van der Waals surface area contributed by atoms with E-state index in [0.29, 0.717) is 11.2 Å². The minimum absolute atomic E-state index is 0.0375. The van der Waals surface area contributed by atoms with Gasteiger partial charge in [0, 0.05) is 17.8 Å². The molecule has 0 N–H and O–H groups in total. The van der Waals surface area contributed by atoms with Crippen molar-refractivity contribution in [2.75, 3.05) is 0 Å². The van der Waals surface area contributed by atoms with Crippen LogP contribution in [0.3, 0.4) is 0 Å². The van der Waals surface area contributed by atoms with Crippen molar-refractivity contribution in [2.24, 2.45) is 0 Å². The molecule has 2 heterocycles. The Morgan fingerprint density at radius 3 is 2.67 bits per heavy atom. The number of aryl methyl sites for hydroxylation is 1. The summed E-state index contributed by atoms with van der Waals surface area (Å²) in [5.41, 5.74) is 1.04. The molecule has 0 amide bonds. The van der Waals surface area contributed by atoms with Crippen LogP contribution in [0.1, 0.15) is 5.56 Å². The number of fused-ring (bicyclic) bond motifs is 1. The molecule has 0 saturated carbocycles. The third kappa shape index (κ3) is 1.70. The third-order valence-electron chi connectivity index (χ3n) is 2.96. The highest BCUT2D eigenvalue weighted by atomic mass is 16.1. The number of aromatic nitrogens is 2. The van der Waals surface area contributed by atoms with Crippen LogP contribution in [0.25, 0.3) is 16.6 Å². The van der Waals surface area contributed by atoms with E-state index in [1.165, 1.54) is 0 Å². The SMILES string of the molecule is Cc1ccc(-n2ccc3ccccc3c2=O)nc1. The number of benzene rings is 1. The lowest BCUT2D eigenvalue weighted by Crippen LogP contribution is -2.18. The van der Waals surface area contributed by atoms with Crippen LogP contribution < -0.4 is 5.56 Å². The first-order valence-electron chi connectivity index (χ1n) is 5.79. The molecule has 0 aliphatic carbocycles. The van der Waals surface area contributed by atoms with Crippen molar-refractivity contribution in [2.45, 2.75) is 6.92 Å². The minimum atomic E-state index is -0.0375. The van der Waals surface area contributed by atoms with Crippen LogP contribution in [0.15, 0.2) is 59.7 Å². The fourth-order valence-corrected chi connectivity index (χ4v) is 1.97. The molecular weight excluding hydrogens is 224 g/mol. The molecule has 18 heavy (non-hydrogen) atoms. The van der Waals surface area contributed by atoms with E-state index in [9.17, 15) is 4.79 Å². The maximum absolute atomic E-state index is 12.3. The maximum Gasteiger partial charge on any atom is 0.264 e. The van der Waals surface area contributed by atoms with Crippen molar-refractivity contribution in [1.82, 2.24) is 9.55 Å². The quantitative estimate of drug-likeness (QED) is 0.651. The van der Waals surface area contributed by atoms with Crippen LogP contribution in [0.2, 0.25) is 0 Å². The van der Waals surface area contributed by atoms with Crippen molar-refractivity contribution in [3.63, 3.8) is 0 Å². The van der Waals surface area contributed by atoms with Crippen LogP contribution >= 0.6 is 0 Å². The lowest BCUT2D eigenvalue weighted by molar-refractivity contribution is 0.951. The Morgan fingerprint density at radius 2 is 1.89 bits per heavy atom. The molecule has 0 saturated heterocycles. The van der Waals surface area contributed by atoms with Crippen molar-refractivity contribution in [1.29, 1.82) is 0 Å². The fourth-order valence-electron chi connectivity index (χ4n) is 1.97. The average Bonchev–Trinajstić information content (AvgIpc) is 2.41. The number of pyridine rings is 2. The predicted octanol–water partition coefficient (Wildman–Crippen LogP) is 2.69. The van der Waals surface area contributed by atoms with Gasteiger partial charge in [-0.15, -0.1) is 0 Å². The highest BCUT2D eigenvalue weighted by Gasteiger charge is 2.04. The Kier molecular flexibility index (Phi) is 2.45. The number of nitrogens with zero attached hydrogens (tertiary/aromatic N) is 2. The van der Waals surface area contributed by atoms with Gasteiger partial charge in [0.2, 0.25) is 0 Å².